The molecule has 1 aliphatic rings. The largest absolute Gasteiger partial charge is 0.295 e. The zero-order valence-electron chi connectivity index (χ0n) is 10.3. The van der Waals surface area contributed by atoms with Crippen LogP contribution in [0.2, 0.25) is 0 Å². The molecule has 0 aromatic heterocycles. The van der Waals surface area contributed by atoms with E-state index >= 15 is 0 Å². The van der Waals surface area contributed by atoms with Gasteiger partial charge in [0.25, 0.3) is 0 Å². The summed E-state index contributed by atoms with van der Waals surface area (Å²) in [4.78, 5) is 11.5. The van der Waals surface area contributed by atoms with E-state index in [1.807, 2.05) is 13.8 Å². The number of ketones is 1. The number of allylic oxidation sites excluding steroid dienone is 4. The highest BCUT2D eigenvalue weighted by Gasteiger charge is 2.19. The summed E-state index contributed by atoms with van der Waals surface area (Å²) in [6.45, 7) is 8.35. The fourth-order valence-electron chi connectivity index (χ4n) is 2.24. The molecule has 1 heteroatoms. The topological polar surface area (TPSA) is 17.1 Å². The number of hydrogen-bond acceptors (Lipinski definition) is 1. The van der Waals surface area contributed by atoms with Crippen LogP contribution in [-0.4, -0.2) is 5.78 Å². The second-order valence-corrected chi connectivity index (χ2v) is 4.76. The Morgan fingerprint density at radius 1 is 1.60 bits per heavy atom. The molecule has 84 valence electrons. The Hall–Kier alpha value is -0.850. The fourth-order valence-corrected chi connectivity index (χ4v) is 2.24. The van der Waals surface area contributed by atoms with Gasteiger partial charge in [-0.1, -0.05) is 31.6 Å². The summed E-state index contributed by atoms with van der Waals surface area (Å²) in [7, 11) is 0. The first-order chi connectivity index (χ1) is 7.04. The Labute approximate surface area is 93.3 Å². The predicted molar refractivity (Wildman–Crippen MR) is 64.7 cm³/mol. The van der Waals surface area contributed by atoms with E-state index in [4.69, 9.17) is 0 Å². The number of carbonyl (C=O) groups is 1. The lowest BCUT2D eigenvalue weighted by Gasteiger charge is -2.25. The molecule has 0 radical (unpaired) electrons. The highest BCUT2D eigenvalue weighted by Crippen LogP contribution is 2.30. The fraction of sp³-hybridized carbons (Fsp3) is 0.643. The van der Waals surface area contributed by atoms with Crippen LogP contribution in [0.1, 0.15) is 47.0 Å². The van der Waals surface area contributed by atoms with Crippen molar-refractivity contribution in [3.05, 3.63) is 23.3 Å². The molecule has 0 fully saturated rings. The Kier molecular flexibility index (Phi) is 4.31. The van der Waals surface area contributed by atoms with Gasteiger partial charge in [-0.2, -0.15) is 0 Å². The van der Waals surface area contributed by atoms with E-state index < -0.39 is 0 Å². The average molecular weight is 206 g/mol. The highest BCUT2D eigenvalue weighted by molar-refractivity contribution is 5.94. The van der Waals surface area contributed by atoms with Crippen molar-refractivity contribution in [3.63, 3.8) is 0 Å². The van der Waals surface area contributed by atoms with Crippen LogP contribution in [0, 0.1) is 11.8 Å². The minimum absolute atomic E-state index is 0.286. The second kappa shape index (κ2) is 5.29. The van der Waals surface area contributed by atoms with E-state index in [-0.39, 0.29) is 5.78 Å². The molecular formula is C14H22O. The Balaban J connectivity index is 2.70. The maximum absolute atomic E-state index is 11.5. The van der Waals surface area contributed by atoms with Crippen LogP contribution in [0.5, 0.6) is 0 Å². The lowest BCUT2D eigenvalue weighted by atomic mass is 9.80. The first kappa shape index (κ1) is 12.2. The molecule has 0 saturated carbocycles. The van der Waals surface area contributed by atoms with Gasteiger partial charge >= 0.3 is 0 Å². The van der Waals surface area contributed by atoms with Crippen LogP contribution in [0.25, 0.3) is 0 Å². The van der Waals surface area contributed by atoms with E-state index in [0.29, 0.717) is 18.3 Å². The lowest BCUT2D eigenvalue weighted by Crippen LogP contribution is -2.14. The van der Waals surface area contributed by atoms with Crippen LogP contribution in [0.4, 0.5) is 0 Å². The van der Waals surface area contributed by atoms with Gasteiger partial charge in [-0.15, -0.1) is 0 Å². The Morgan fingerprint density at radius 3 is 2.80 bits per heavy atom. The van der Waals surface area contributed by atoms with Gasteiger partial charge in [0.2, 0.25) is 0 Å². The molecule has 1 aliphatic carbocycles. The smallest absolute Gasteiger partial charge is 0.157 e. The quantitative estimate of drug-likeness (QED) is 0.505. The maximum atomic E-state index is 11.5. The van der Waals surface area contributed by atoms with Crippen LogP contribution >= 0.6 is 0 Å². The summed E-state index contributed by atoms with van der Waals surface area (Å²) in [5.74, 6) is 1.52. The summed E-state index contributed by atoms with van der Waals surface area (Å²) in [6, 6.07) is 0. The van der Waals surface area contributed by atoms with Gasteiger partial charge in [-0.25, -0.2) is 0 Å². The Bertz CT molecular complexity index is 296. The first-order valence-electron chi connectivity index (χ1n) is 5.91. The number of Topliss-reactive ketones (excluding diaryl/α,β-unsaturated/α-hetero) is 1. The van der Waals surface area contributed by atoms with E-state index in [2.05, 4.69) is 26.0 Å². The summed E-state index contributed by atoms with van der Waals surface area (Å²) >= 11 is 0. The summed E-state index contributed by atoms with van der Waals surface area (Å²) in [5, 5.41) is 0. The van der Waals surface area contributed by atoms with E-state index in [9.17, 15) is 4.79 Å². The van der Waals surface area contributed by atoms with E-state index in [0.717, 1.165) is 12.0 Å². The second-order valence-electron chi connectivity index (χ2n) is 4.76. The van der Waals surface area contributed by atoms with Gasteiger partial charge < -0.3 is 0 Å². The molecule has 1 rings (SSSR count). The third-order valence-corrected chi connectivity index (χ3v) is 3.34. The molecule has 0 bridgehead atoms. The van der Waals surface area contributed by atoms with Crippen molar-refractivity contribution < 1.29 is 4.79 Å². The molecule has 2 atom stereocenters. The zero-order valence-corrected chi connectivity index (χ0v) is 10.3. The van der Waals surface area contributed by atoms with Crippen molar-refractivity contribution in [1.82, 2.24) is 0 Å². The summed E-state index contributed by atoms with van der Waals surface area (Å²) in [5.41, 5.74) is 2.44. The van der Waals surface area contributed by atoms with Crippen molar-refractivity contribution in [1.29, 1.82) is 0 Å². The molecule has 15 heavy (non-hydrogen) atoms. The van der Waals surface area contributed by atoms with Crippen LogP contribution in [0.3, 0.4) is 0 Å². The normalized spacial score (nSPS) is 27.5. The molecule has 0 aromatic rings. The third kappa shape index (κ3) is 3.33. The minimum Gasteiger partial charge on any atom is -0.295 e. The maximum Gasteiger partial charge on any atom is 0.157 e. The molecular weight excluding hydrogens is 184 g/mol. The van der Waals surface area contributed by atoms with Crippen molar-refractivity contribution in [2.24, 2.45) is 11.8 Å². The monoisotopic (exact) mass is 206 g/mol. The molecule has 0 saturated heterocycles. The summed E-state index contributed by atoms with van der Waals surface area (Å²) in [6.07, 6.45) is 7.39. The van der Waals surface area contributed by atoms with Crippen LogP contribution in [-0.2, 0) is 4.79 Å². The van der Waals surface area contributed by atoms with Crippen molar-refractivity contribution in [3.8, 4) is 0 Å². The summed E-state index contributed by atoms with van der Waals surface area (Å²) < 4.78 is 0. The SMILES string of the molecule is CCC(=O)C(C)=C[C@@H]1CC=C(C)C[C@H]1C. The van der Waals surface area contributed by atoms with Crippen molar-refractivity contribution in [2.75, 3.05) is 0 Å². The van der Waals surface area contributed by atoms with Crippen molar-refractivity contribution in [2.45, 2.75) is 47.0 Å². The predicted octanol–water partition coefficient (Wildman–Crippen LogP) is 3.90. The van der Waals surface area contributed by atoms with E-state index in [1.165, 1.54) is 12.0 Å². The highest BCUT2D eigenvalue weighted by atomic mass is 16.1. The molecule has 0 spiro atoms. The molecule has 0 N–H and O–H groups in total. The molecule has 0 aliphatic heterocycles. The lowest BCUT2D eigenvalue weighted by molar-refractivity contribution is -0.115. The van der Waals surface area contributed by atoms with Crippen LogP contribution in [0.15, 0.2) is 23.3 Å². The third-order valence-electron chi connectivity index (χ3n) is 3.34. The number of rotatable bonds is 3. The van der Waals surface area contributed by atoms with Gasteiger partial charge in [-0.3, -0.25) is 4.79 Å². The number of carbonyl (C=O) groups excluding carboxylic acids is 1. The molecule has 0 unspecified atom stereocenters. The van der Waals surface area contributed by atoms with Gasteiger partial charge in [-0.05, 0) is 44.1 Å². The van der Waals surface area contributed by atoms with E-state index in [1.54, 1.807) is 0 Å². The zero-order chi connectivity index (χ0) is 11.4. The average Bonchev–Trinajstić information content (AvgIpc) is 2.20. The van der Waals surface area contributed by atoms with Crippen LogP contribution < -0.4 is 0 Å². The minimum atomic E-state index is 0.286. The first-order valence-corrected chi connectivity index (χ1v) is 5.91. The van der Waals surface area contributed by atoms with Gasteiger partial charge in [0, 0.05) is 6.42 Å². The number of hydrogen-bond donors (Lipinski definition) is 0. The van der Waals surface area contributed by atoms with Gasteiger partial charge in [0.15, 0.2) is 5.78 Å². The van der Waals surface area contributed by atoms with Gasteiger partial charge in [0.05, 0.1) is 0 Å². The molecule has 0 heterocycles. The molecule has 0 amide bonds. The molecule has 0 aromatic carbocycles. The standard InChI is InChI=1S/C14H22O/c1-5-14(15)12(4)9-13-7-6-10(2)8-11(13)3/h6,9,11,13H,5,7-8H2,1-4H3/t11-,13+/m1/s1. The molecule has 1 nitrogen and oxygen atoms in total. The van der Waals surface area contributed by atoms with Crippen molar-refractivity contribution >= 4 is 5.78 Å². The van der Waals surface area contributed by atoms with Gasteiger partial charge in [0.1, 0.15) is 0 Å². The Morgan fingerprint density at radius 2 is 2.27 bits per heavy atom.